The van der Waals surface area contributed by atoms with Gasteiger partial charge in [0.25, 0.3) is 0 Å². The summed E-state index contributed by atoms with van der Waals surface area (Å²) in [5, 5.41) is 0.965. The normalized spacial score (nSPS) is 21.5. The van der Waals surface area contributed by atoms with E-state index in [1.54, 1.807) is 0 Å². The summed E-state index contributed by atoms with van der Waals surface area (Å²) in [5.41, 5.74) is 0.872. The lowest BCUT2D eigenvalue weighted by Crippen LogP contribution is -2.32. The highest BCUT2D eigenvalue weighted by molar-refractivity contribution is 7.25. The van der Waals surface area contributed by atoms with E-state index >= 15 is 0 Å². The largest absolute Gasteiger partial charge is 0.343 e. The Hall–Kier alpha value is -0.690. The smallest absolute Gasteiger partial charge is 0.323 e. The molecule has 0 N–H and O–H groups in total. The van der Waals surface area contributed by atoms with Crippen molar-refractivity contribution in [2.45, 2.75) is 118 Å². The summed E-state index contributed by atoms with van der Waals surface area (Å²) in [6.45, 7) is 10.5. The van der Waals surface area contributed by atoms with Gasteiger partial charge in [-0.25, -0.2) is 4.79 Å². The first kappa shape index (κ1) is 26.3. The average Bonchev–Trinajstić information content (AvgIpc) is 2.72. The number of nitrogens with zero attached hydrogens (tertiary/aromatic N) is 2. The van der Waals surface area contributed by atoms with Crippen LogP contribution in [0.15, 0.2) is 4.99 Å². The van der Waals surface area contributed by atoms with Crippen LogP contribution in [0.5, 0.6) is 0 Å². The summed E-state index contributed by atoms with van der Waals surface area (Å²) >= 11 is 0. The molecule has 2 amide bonds. The zero-order valence-corrected chi connectivity index (χ0v) is 20.8. The maximum absolute atomic E-state index is 12.8. The van der Waals surface area contributed by atoms with E-state index in [-0.39, 0.29) is 6.03 Å². The molecule has 0 aromatic heterocycles. The summed E-state index contributed by atoms with van der Waals surface area (Å²) in [6.07, 6.45) is 17.6. The number of urea groups is 1. The Labute approximate surface area is 183 Å². The molecule has 0 spiro atoms. The molecule has 1 saturated heterocycles. The van der Waals surface area contributed by atoms with E-state index in [9.17, 15) is 4.79 Å². The summed E-state index contributed by atoms with van der Waals surface area (Å²) in [5.74, 6) is 1.74. The van der Waals surface area contributed by atoms with Crippen LogP contribution in [0.25, 0.3) is 0 Å². The maximum atomic E-state index is 12.8. The molecule has 3 nitrogen and oxygen atoms in total. The number of amides is 2. The Balaban J connectivity index is 2.76. The van der Waals surface area contributed by atoms with Gasteiger partial charge in [0, 0.05) is 13.1 Å². The predicted molar refractivity (Wildman–Crippen MR) is 132 cm³/mol. The molecule has 1 heterocycles. The Kier molecular flexibility index (Phi) is 14.6. The minimum Gasteiger partial charge on any atom is -0.323 e. The summed E-state index contributed by atoms with van der Waals surface area (Å²) < 4.78 is 0. The lowest BCUT2D eigenvalue weighted by molar-refractivity contribution is 0.203. The molecule has 0 aromatic carbocycles. The summed E-state index contributed by atoms with van der Waals surface area (Å²) in [4.78, 5) is 19.3. The molecule has 1 fully saturated rings. The number of carbonyl (C=O) groups excluding carboxylic acids is 1. The molecular weight excluding hydrogens is 375 g/mol. The minimum absolute atomic E-state index is 0.0414. The first-order valence-corrected chi connectivity index (χ1v) is 12.9. The minimum atomic E-state index is -0.0414. The molecule has 29 heavy (non-hydrogen) atoms. The van der Waals surface area contributed by atoms with E-state index in [0.717, 1.165) is 55.2 Å². The number of hydrogen-bond donors (Lipinski definition) is 0. The molecule has 0 bridgehead atoms. The first-order chi connectivity index (χ1) is 14.0. The van der Waals surface area contributed by atoms with Crippen molar-refractivity contribution in [3.63, 3.8) is 0 Å². The first-order valence-electron chi connectivity index (χ1n) is 12.4. The molecule has 1 atom stereocenters. The molecule has 0 aliphatic carbocycles. The van der Waals surface area contributed by atoms with Gasteiger partial charge in [0.15, 0.2) is 0 Å². The van der Waals surface area contributed by atoms with Gasteiger partial charge in [-0.1, -0.05) is 91.4 Å². The van der Waals surface area contributed by atoms with Gasteiger partial charge < -0.3 is 4.90 Å². The van der Waals surface area contributed by atoms with E-state index in [1.165, 1.54) is 70.6 Å². The standard InChI is InChI=1S/C25H47N2OP/c1-5-22(6-2)23-17-13-11-9-8-10-12-15-19-27(20-16-14-18-23)25(28)26-24(7-3)21(4)29/h22-23,29H,5-20H2,1-4H3. The molecule has 4 heteroatoms. The van der Waals surface area contributed by atoms with Crippen molar-refractivity contribution in [1.29, 1.82) is 0 Å². The second kappa shape index (κ2) is 16.1. The quantitative estimate of drug-likeness (QED) is 0.327. The van der Waals surface area contributed by atoms with Crippen LogP contribution in [-0.2, 0) is 0 Å². The highest BCUT2D eigenvalue weighted by Gasteiger charge is 2.19. The Morgan fingerprint density at radius 3 is 1.90 bits per heavy atom. The van der Waals surface area contributed by atoms with Gasteiger partial charge in [-0.2, -0.15) is 4.99 Å². The van der Waals surface area contributed by atoms with Crippen molar-refractivity contribution in [3.05, 3.63) is 0 Å². The van der Waals surface area contributed by atoms with Crippen LogP contribution in [0.3, 0.4) is 0 Å². The molecule has 1 unspecified atom stereocenters. The SMILES string of the molecule is CCC(=NC(=O)N1CCCCCCCCCC(C(CC)CC)CCCC1)C(C)=P. The number of carbonyl (C=O) groups is 1. The van der Waals surface area contributed by atoms with Crippen LogP contribution in [0, 0.1) is 11.8 Å². The fourth-order valence-electron chi connectivity index (χ4n) is 4.79. The van der Waals surface area contributed by atoms with E-state index in [4.69, 9.17) is 0 Å². The third-order valence-electron chi connectivity index (χ3n) is 6.74. The third-order valence-corrected chi connectivity index (χ3v) is 7.03. The van der Waals surface area contributed by atoms with Crippen molar-refractivity contribution in [2.75, 3.05) is 13.1 Å². The lowest BCUT2D eigenvalue weighted by Gasteiger charge is -2.26. The topological polar surface area (TPSA) is 32.7 Å². The molecule has 0 aromatic rings. The van der Waals surface area contributed by atoms with Gasteiger partial charge in [-0.05, 0) is 43.3 Å². The van der Waals surface area contributed by atoms with Crippen molar-refractivity contribution in [2.24, 2.45) is 16.8 Å². The second-order valence-electron chi connectivity index (χ2n) is 8.90. The average molecular weight is 423 g/mol. The Morgan fingerprint density at radius 2 is 1.38 bits per heavy atom. The van der Waals surface area contributed by atoms with Crippen LogP contribution >= 0.6 is 8.86 Å². The molecule has 1 rings (SSSR count). The zero-order chi connectivity index (χ0) is 21.5. The maximum Gasteiger partial charge on any atom is 0.343 e. The second-order valence-corrected chi connectivity index (χ2v) is 9.65. The van der Waals surface area contributed by atoms with Gasteiger partial charge in [-0.3, -0.25) is 0 Å². The molecule has 0 radical (unpaired) electrons. The van der Waals surface area contributed by atoms with Gasteiger partial charge >= 0.3 is 6.03 Å². The van der Waals surface area contributed by atoms with Crippen LogP contribution in [0.1, 0.15) is 118 Å². The third kappa shape index (κ3) is 10.8. The zero-order valence-electron chi connectivity index (χ0n) is 19.8. The number of aliphatic imine (C=N–C) groups is 1. The fraction of sp³-hybridized carbons (Fsp3) is 0.880. The van der Waals surface area contributed by atoms with E-state index in [1.807, 2.05) is 11.8 Å². The monoisotopic (exact) mass is 422 g/mol. The predicted octanol–water partition coefficient (Wildman–Crippen LogP) is 7.95. The Morgan fingerprint density at radius 1 is 0.897 bits per heavy atom. The van der Waals surface area contributed by atoms with E-state index in [2.05, 4.69) is 34.6 Å². The molecule has 0 saturated carbocycles. The molecule has 1 aliphatic heterocycles. The highest BCUT2D eigenvalue weighted by Crippen LogP contribution is 2.30. The van der Waals surface area contributed by atoms with Crippen LogP contribution in [-0.4, -0.2) is 35.0 Å². The van der Waals surface area contributed by atoms with Gasteiger partial charge in [0.05, 0.1) is 5.71 Å². The van der Waals surface area contributed by atoms with Crippen molar-refractivity contribution >= 4 is 25.9 Å². The van der Waals surface area contributed by atoms with Gasteiger partial charge in [0.1, 0.15) is 0 Å². The number of rotatable bonds is 5. The number of hydrogen-bond acceptors (Lipinski definition) is 1. The molecular formula is C25H47N2OP. The fourth-order valence-corrected chi connectivity index (χ4v) is 5.02. The van der Waals surface area contributed by atoms with E-state index in [0.29, 0.717) is 0 Å². The van der Waals surface area contributed by atoms with Crippen LogP contribution in [0.4, 0.5) is 4.79 Å². The van der Waals surface area contributed by atoms with Crippen molar-refractivity contribution < 1.29 is 4.79 Å². The summed E-state index contributed by atoms with van der Waals surface area (Å²) in [6, 6.07) is -0.0414. The van der Waals surface area contributed by atoms with E-state index < -0.39 is 0 Å². The highest BCUT2D eigenvalue weighted by atomic mass is 31.0. The van der Waals surface area contributed by atoms with Crippen LogP contribution < -0.4 is 0 Å². The summed E-state index contributed by atoms with van der Waals surface area (Å²) in [7, 11) is 3.55. The van der Waals surface area contributed by atoms with Gasteiger partial charge in [-0.15, -0.1) is 8.86 Å². The van der Waals surface area contributed by atoms with Crippen molar-refractivity contribution in [3.8, 4) is 0 Å². The Bertz CT molecular complexity index is 499. The van der Waals surface area contributed by atoms with Gasteiger partial charge in [0.2, 0.25) is 0 Å². The van der Waals surface area contributed by atoms with Crippen molar-refractivity contribution in [1.82, 2.24) is 4.90 Å². The van der Waals surface area contributed by atoms with Crippen LogP contribution in [0.2, 0.25) is 0 Å². The molecule has 1 aliphatic rings. The molecule has 168 valence electrons. The lowest BCUT2D eigenvalue weighted by atomic mass is 9.81.